The fraction of sp³-hybridized carbons (Fsp3) is 0.194. The fourth-order valence-electron chi connectivity index (χ4n) is 4.72. The summed E-state index contributed by atoms with van der Waals surface area (Å²) in [6.45, 7) is 1.98. The van der Waals surface area contributed by atoms with E-state index in [-0.39, 0.29) is 12.4 Å². The molecule has 0 aromatic heterocycles. The Morgan fingerprint density at radius 3 is 1.47 bits per heavy atom. The van der Waals surface area contributed by atoms with Crippen LogP contribution in [0.2, 0.25) is 0 Å². The summed E-state index contributed by atoms with van der Waals surface area (Å²) in [6, 6.07) is 44.7. The molecule has 3 heteroatoms. The van der Waals surface area contributed by atoms with Crippen LogP contribution in [-0.4, -0.2) is 13.1 Å². The number of rotatable bonds is 10. The van der Waals surface area contributed by atoms with E-state index in [1.165, 1.54) is 11.1 Å². The van der Waals surface area contributed by atoms with Gasteiger partial charge in [0.25, 0.3) is 0 Å². The van der Waals surface area contributed by atoms with Crippen molar-refractivity contribution in [3.63, 3.8) is 0 Å². The second-order valence-corrected chi connectivity index (χ2v) is 8.54. The summed E-state index contributed by atoms with van der Waals surface area (Å²) in [5.41, 5.74) is 4.23. The van der Waals surface area contributed by atoms with Gasteiger partial charge in [0.05, 0.1) is 25.1 Å². The third kappa shape index (κ3) is 5.94. The smallest absolute Gasteiger partial charge is 0.107 e. The molecule has 0 unspecified atom stereocenters. The van der Waals surface area contributed by atoms with Gasteiger partial charge in [0.15, 0.2) is 0 Å². The summed E-state index contributed by atoms with van der Waals surface area (Å²) in [5, 5.41) is 12.8. The monoisotopic (exact) mass is 466 g/mol. The molecular formula is C31H31ClN2. The standard InChI is InChI=1S/C31H30N2.ClH/c32-25-31(28-18-9-3-10-19-28,29-20-11-4-12-21-29)22-13-23-33-24-30(26-14-5-1-6-15-26)27-16-7-2-8-17-27;/h1-12,14-21,30,33H,13,22-24H2;1H. The molecule has 2 N–H and O–H groups in total. The van der Waals surface area contributed by atoms with Crippen LogP contribution in [0.3, 0.4) is 0 Å². The molecule has 4 aromatic rings. The van der Waals surface area contributed by atoms with Crippen molar-refractivity contribution in [1.82, 2.24) is 0 Å². The third-order valence-corrected chi connectivity index (χ3v) is 6.49. The molecular weight excluding hydrogens is 436 g/mol. The first-order chi connectivity index (χ1) is 16.3. The molecule has 0 aliphatic carbocycles. The number of hydrogen-bond acceptors (Lipinski definition) is 1. The number of benzene rings is 4. The largest absolute Gasteiger partial charge is 1.00 e. The van der Waals surface area contributed by atoms with Crippen molar-refractivity contribution in [2.75, 3.05) is 13.1 Å². The predicted molar refractivity (Wildman–Crippen MR) is 135 cm³/mol. The van der Waals surface area contributed by atoms with Gasteiger partial charge >= 0.3 is 0 Å². The summed E-state index contributed by atoms with van der Waals surface area (Å²) in [7, 11) is 0. The van der Waals surface area contributed by atoms with E-state index in [9.17, 15) is 5.26 Å². The molecule has 0 saturated carbocycles. The minimum atomic E-state index is -0.616. The first-order valence-corrected chi connectivity index (χ1v) is 11.8. The molecule has 0 fully saturated rings. The normalized spacial score (nSPS) is 10.9. The predicted octanol–water partition coefficient (Wildman–Crippen LogP) is 2.68. The highest BCUT2D eigenvalue weighted by molar-refractivity contribution is 5.45. The first-order valence-electron chi connectivity index (χ1n) is 11.8. The maximum absolute atomic E-state index is 10.4. The summed E-state index contributed by atoms with van der Waals surface area (Å²) < 4.78 is 0. The lowest BCUT2D eigenvalue weighted by Crippen LogP contribution is -3.00. The lowest BCUT2D eigenvalue weighted by molar-refractivity contribution is -0.656. The molecule has 0 spiro atoms. The van der Waals surface area contributed by atoms with Crippen molar-refractivity contribution in [3.05, 3.63) is 144 Å². The van der Waals surface area contributed by atoms with Gasteiger partial charge in [-0.05, 0) is 35.1 Å². The van der Waals surface area contributed by atoms with E-state index < -0.39 is 5.41 Å². The molecule has 0 atom stereocenters. The molecule has 0 aliphatic rings. The molecule has 2 nitrogen and oxygen atoms in total. The van der Waals surface area contributed by atoms with E-state index in [2.05, 4.69) is 96.3 Å². The van der Waals surface area contributed by atoms with Crippen molar-refractivity contribution < 1.29 is 17.7 Å². The first kappa shape index (κ1) is 25.2. The Hall–Kier alpha value is -3.38. The van der Waals surface area contributed by atoms with Gasteiger partial charge in [0.2, 0.25) is 0 Å². The van der Waals surface area contributed by atoms with Crippen LogP contribution in [-0.2, 0) is 5.41 Å². The lowest BCUT2D eigenvalue weighted by Gasteiger charge is -2.28. The molecule has 0 bridgehead atoms. The van der Waals surface area contributed by atoms with Crippen LogP contribution in [0, 0.1) is 11.3 Å². The van der Waals surface area contributed by atoms with Crippen LogP contribution in [0.25, 0.3) is 0 Å². The maximum Gasteiger partial charge on any atom is 0.107 e. The average molecular weight is 467 g/mol. The van der Waals surface area contributed by atoms with E-state index in [0.717, 1.165) is 37.1 Å². The maximum atomic E-state index is 10.4. The lowest BCUT2D eigenvalue weighted by atomic mass is 9.72. The average Bonchev–Trinajstić information content (AvgIpc) is 2.91. The molecule has 0 radical (unpaired) electrons. The zero-order valence-electron chi connectivity index (χ0n) is 19.4. The van der Waals surface area contributed by atoms with E-state index in [1.54, 1.807) is 0 Å². The molecule has 172 valence electrons. The molecule has 0 saturated heterocycles. The molecule has 0 aliphatic heterocycles. The summed E-state index contributed by atoms with van der Waals surface area (Å²) in [4.78, 5) is 0. The van der Waals surface area contributed by atoms with E-state index in [4.69, 9.17) is 0 Å². The number of nitrogens with zero attached hydrogens (tertiary/aromatic N) is 1. The Kier molecular flexibility index (Phi) is 9.47. The zero-order valence-corrected chi connectivity index (χ0v) is 20.1. The highest BCUT2D eigenvalue weighted by Crippen LogP contribution is 2.36. The van der Waals surface area contributed by atoms with Crippen LogP contribution >= 0.6 is 0 Å². The zero-order chi connectivity index (χ0) is 22.8. The van der Waals surface area contributed by atoms with E-state index in [0.29, 0.717) is 5.92 Å². The minimum absolute atomic E-state index is 0. The molecule has 0 heterocycles. The molecule has 4 aromatic carbocycles. The van der Waals surface area contributed by atoms with Crippen molar-refractivity contribution in [2.24, 2.45) is 0 Å². The number of nitrogens with two attached hydrogens (primary N) is 1. The van der Waals surface area contributed by atoms with Crippen LogP contribution in [0.4, 0.5) is 0 Å². The number of hydrogen-bond donors (Lipinski definition) is 1. The molecule has 0 amide bonds. The van der Waals surface area contributed by atoms with Gasteiger partial charge in [-0.1, -0.05) is 121 Å². The molecule has 4 rings (SSSR count). The second kappa shape index (κ2) is 12.8. The Balaban J connectivity index is 0.00000324. The quantitative estimate of drug-likeness (QED) is 0.359. The molecule has 34 heavy (non-hydrogen) atoms. The summed E-state index contributed by atoms with van der Waals surface area (Å²) >= 11 is 0. The summed E-state index contributed by atoms with van der Waals surface area (Å²) in [5.74, 6) is 0.358. The minimum Gasteiger partial charge on any atom is -1.00 e. The van der Waals surface area contributed by atoms with Crippen LogP contribution < -0.4 is 17.7 Å². The number of quaternary nitrogens is 1. The van der Waals surface area contributed by atoms with Crippen molar-refractivity contribution in [1.29, 1.82) is 5.26 Å². The Morgan fingerprint density at radius 1 is 0.647 bits per heavy atom. The SMILES string of the molecule is N#CC(CCC[NH2+]CC(c1ccccc1)c1ccccc1)(c1ccccc1)c1ccccc1.[Cl-]. The highest BCUT2D eigenvalue weighted by Gasteiger charge is 2.34. The van der Waals surface area contributed by atoms with Crippen LogP contribution in [0.5, 0.6) is 0 Å². The highest BCUT2D eigenvalue weighted by atomic mass is 35.5. The van der Waals surface area contributed by atoms with Gasteiger partial charge in [-0.15, -0.1) is 0 Å². The van der Waals surface area contributed by atoms with Gasteiger partial charge in [0, 0.05) is 0 Å². The van der Waals surface area contributed by atoms with E-state index >= 15 is 0 Å². The van der Waals surface area contributed by atoms with Crippen LogP contribution in [0.1, 0.15) is 41.0 Å². The Labute approximate surface area is 209 Å². The van der Waals surface area contributed by atoms with Crippen LogP contribution in [0.15, 0.2) is 121 Å². The topological polar surface area (TPSA) is 40.4 Å². The van der Waals surface area contributed by atoms with Gasteiger partial charge in [-0.2, -0.15) is 5.26 Å². The number of nitriles is 1. The second-order valence-electron chi connectivity index (χ2n) is 8.54. The fourth-order valence-corrected chi connectivity index (χ4v) is 4.72. The number of halogens is 1. The van der Waals surface area contributed by atoms with Crippen molar-refractivity contribution in [2.45, 2.75) is 24.2 Å². The van der Waals surface area contributed by atoms with Gasteiger partial charge in [-0.3, -0.25) is 0 Å². The van der Waals surface area contributed by atoms with Gasteiger partial charge < -0.3 is 17.7 Å². The Bertz CT molecular complexity index is 1060. The Morgan fingerprint density at radius 2 is 1.06 bits per heavy atom. The van der Waals surface area contributed by atoms with Crippen molar-refractivity contribution >= 4 is 0 Å². The van der Waals surface area contributed by atoms with Gasteiger partial charge in [-0.25, -0.2) is 0 Å². The third-order valence-electron chi connectivity index (χ3n) is 6.49. The van der Waals surface area contributed by atoms with Crippen molar-refractivity contribution in [3.8, 4) is 6.07 Å². The van der Waals surface area contributed by atoms with E-state index in [1.807, 2.05) is 36.4 Å². The summed E-state index contributed by atoms with van der Waals surface area (Å²) in [6.07, 6.45) is 1.77. The van der Waals surface area contributed by atoms with Gasteiger partial charge in [0.1, 0.15) is 5.41 Å².